The van der Waals surface area contributed by atoms with E-state index < -0.39 is 0 Å². The van der Waals surface area contributed by atoms with Gasteiger partial charge in [0.05, 0.1) is 0 Å². The maximum atomic E-state index is 10.9. The van der Waals surface area contributed by atoms with Crippen LogP contribution in [0.3, 0.4) is 0 Å². The summed E-state index contributed by atoms with van der Waals surface area (Å²) in [6, 6.07) is 5.67. The topological polar surface area (TPSA) is 73.9 Å². The van der Waals surface area contributed by atoms with E-state index in [9.17, 15) is 4.79 Å². The summed E-state index contributed by atoms with van der Waals surface area (Å²) < 4.78 is 5.05. The fraction of sp³-hybridized carbons (Fsp3) is 0.312. The Labute approximate surface area is 118 Å². The molecule has 1 aromatic carbocycles. The summed E-state index contributed by atoms with van der Waals surface area (Å²) >= 11 is 0. The lowest BCUT2D eigenvalue weighted by Gasteiger charge is -2.15. The van der Waals surface area contributed by atoms with Crippen LogP contribution in [-0.2, 0) is 16.1 Å². The number of carbonyl (C=O) groups is 1. The number of nitrogens with zero attached hydrogens (tertiary/aromatic N) is 2. The number of benzene rings is 1. The van der Waals surface area contributed by atoms with Gasteiger partial charge < -0.3 is 4.74 Å². The molecule has 0 amide bonds. The number of nitriles is 2. The highest BCUT2D eigenvalue weighted by atomic mass is 16.5. The van der Waals surface area contributed by atoms with E-state index in [4.69, 9.17) is 15.3 Å². The van der Waals surface area contributed by atoms with Crippen LogP contribution in [0.2, 0.25) is 0 Å². The van der Waals surface area contributed by atoms with Gasteiger partial charge in [-0.05, 0) is 54.7 Å². The number of hydrogen-bond acceptors (Lipinski definition) is 4. The van der Waals surface area contributed by atoms with E-state index in [1.165, 1.54) is 6.92 Å². The van der Waals surface area contributed by atoms with Crippen molar-refractivity contribution in [1.82, 2.24) is 0 Å². The molecule has 0 fully saturated rings. The van der Waals surface area contributed by atoms with E-state index >= 15 is 0 Å². The molecule has 0 saturated carbocycles. The molecule has 102 valence electrons. The van der Waals surface area contributed by atoms with Gasteiger partial charge in [-0.1, -0.05) is 6.07 Å². The molecule has 0 aliphatic rings. The van der Waals surface area contributed by atoms with Crippen LogP contribution < -0.4 is 0 Å². The Morgan fingerprint density at radius 2 is 1.85 bits per heavy atom. The third-order valence-electron chi connectivity index (χ3n) is 3.14. The number of carbonyl (C=O) groups excluding carboxylic acids is 1. The first-order chi connectivity index (χ1) is 9.40. The molecule has 20 heavy (non-hydrogen) atoms. The van der Waals surface area contributed by atoms with Crippen LogP contribution in [0.25, 0.3) is 6.08 Å². The van der Waals surface area contributed by atoms with E-state index in [1.54, 1.807) is 6.08 Å². The number of allylic oxidation sites excluding steroid dienone is 1. The molecule has 1 rings (SSSR count). The molecule has 0 atom stereocenters. The highest BCUT2D eigenvalue weighted by molar-refractivity contribution is 5.69. The van der Waals surface area contributed by atoms with Crippen molar-refractivity contribution < 1.29 is 9.53 Å². The van der Waals surface area contributed by atoms with E-state index in [2.05, 4.69) is 0 Å². The van der Waals surface area contributed by atoms with Gasteiger partial charge in [-0.2, -0.15) is 10.5 Å². The average molecular weight is 268 g/mol. The minimum atomic E-state index is -0.337. The van der Waals surface area contributed by atoms with E-state index in [1.807, 2.05) is 39.0 Å². The molecule has 0 unspecified atom stereocenters. The molecule has 0 saturated heterocycles. The summed E-state index contributed by atoms with van der Waals surface area (Å²) in [6.07, 6.45) is 1.57. The molecular formula is C16H16N2O2. The van der Waals surface area contributed by atoms with Gasteiger partial charge in [-0.3, -0.25) is 4.79 Å². The van der Waals surface area contributed by atoms with Crippen LogP contribution in [0.5, 0.6) is 0 Å². The third-order valence-corrected chi connectivity index (χ3v) is 3.14. The molecule has 1 aromatic rings. The maximum Gasteiger partial charge on any atom is 0.302 e. The number of hydrogen-bond donors (Lipinski definition) is 0. The monoisotopic (exact) mass is 268 g/mol. The summed E-state index contributed by atoms with van der Waals surface area (Å²) in [6.45, 7) is 7.33. The summed E-state index contributed by atoms with van der Waals surface area (Å²) in [7, 11) is 0. The number of ether oxygens (including phenoxy) is 1. The minimum Gasteiger partial charge on any atom is -0.461 e. The highest BCUT2D eigenvalue weighted by Crippen LogP contribution is 2.25. The second-order valence-corrected chi connectivity index (χ2v) is 4.59. The molecule has 0 N–H and O–H groups in total. The fourth-order valence-electron chi connectivity index (χ4n) is 2.10. The predicted molar refractivity (Wildman–Crippen MR) is 75.3 cm³/mol. The quantitative estimate of drug-likeness (QED) is 0.623. The number of aryl methyl sites for hydroxylation is 2. The zero-order valence-corrected chi connectivity index (χ0v) is 12.1. The van der Waals surface area contributed by atoms with Crippen molar-refractivity contribution in [3.05, 3.63) is 39.5 Å². The smallest absolute Gasteiger partial charge is 0.302 e. The van der Waals surface area contributed by atoms with Gasteiger partial charge in [0, 0.05) is 6.92 Å². The molecular weight excluding hydrogens is 252 g/mol. The Balaban J connectivity index is 3.37. The van der Waals surface area contributed by atoms with Crippen LogP contribution >= 0.6 is 0 Å². The Morgan fingerprint density at radius 1 is 1.25 bits per heavy atom. The van der Waals surface area contributed by atoms with E-state index in [-0.39, 0.29) is 18.1 Å². The SMILES string of the molecule is CC(=O)OCc1c(C)cc(C)c(C=C(C#N)C#N)c1C. The van der Waals surface area contributed by atoms with Crippen LogP contribution in [0, 0.1) is 43.4 Å². The lowest BCUT2D eigenvalue weighted by molar-refractivity contribution is -0.142. The predicted octanol–water partition coefficient (Wildman–Crippen LogP) is 3.11. The van der Waals surface area contributed by atoms with Gasteiger partial charge in [-0.25, -0.2) is 0 Å². The summed E-state index contributed by atoms with van der Waals surface area (Å²) in [5.41, 5.74) is 4.72. The number of esters is 1. The van der Waals surface area contributed by atoms with Gasteiger partial charge in [0.15, 0.2) is 0 Å². The Morgan fingerprint density at radius 3 is 2.35 bits per heavy atom. The molecule has 4 nitrogen and oxygen atoms in total. The fourth-order valence-corrected chi connectivity index (χ4v) is 2.10. The van der Waals surface area contributed by atoms with Crippen LogP contribution in [0.1, 0.15) is 34.7 Å². The van der Waals surface area contributed by atoms with E-state index in [0.717, 1.165) is 27.8 Å². The first kappa shape index (κ1) is 15.5. The lowest BCUT2D eigenvalue weighted by Crippen LogP contribution is -2.05. The van der Waals surface area contributed by atoms with Crippen molar-refractivity contribution in [3.63, 3.8) is 0 Å². The minimum absolute atomic E-state index is 0.0542. The Kier molecular flexibility index (Phi) is 5.06. The molecule has 0 bridgehead atoms. The van der Waals surface area contributed by atoms with Crippen molar-refractivity contribution >= 4 is 12.0 Å². The van der Waals surface area contributed by atoms with Crippen molar-refractivity contribution in [1.29, 1.82) is 10.5 Å². The van der Waals surface area contributed by atoms with Crippen LogP contribution in [-0.4, -0.2) is 5.97 Å². The first-order valence-electron chi connectivity index (χ1n) is 6.15. The second-order valence-electron chi connectivity index (χ2n) is 4.59. The summed E-state index contributed by atoms with van der Waals surface area (Å²) in [5.74, 6) is -0.337. The summed E-state index contributed by atoms with van der Waals surface area (Å²) in [4.78, 5) is 10.9. The molecule has 0 aromatic heterocycles. The Hall–Kier alpha value is -2.59. The van der Waals surface area contributed by atoms with E-state index in [0.29, 0.717) is 0 Å². The molecule has 0 heterocycles. The largest absolute Gasteiger partial charge is 0.461 e. The lowest BCUT2D eigenvalue weighted by atomic mass is 9.92. The number of rotatable bonds is 3. The standard InChI is InChI=1S/C16H16N2O2/c1-10-5-11(2)16(9-20-13(4)19)12(3)15(10)6-14(7-17)8-18/h5-6H,9H2,1-4H3. The molecule has 0 radical (unpaired) electrons. The Bertz CT molecular complexity index is 643. The van der Waals surface area contributed by atoms with Crippen molar-refractivity contribution in [2.45, 2.75) is 34.3 Å². The van der Waals surface area contributed by atoms with Crippen molar-refractivity contribution in [3.8, 4) is 12.1 Å². The maximum absolute atomic E-state index is 10.9. The average Bonchev–Trinajstić information content (AvgIpc) is 2.38. The van der Waals surface area contributed by atoms with Gasteiger partial charge in [0.25, 0.3) is 0 Å². The molecule has 0 aliphatic heterocycles. The molecule has 0 aliphatic carbocycles. The van der Waals surface area contributed by atoms with Gasteiger partial charge >= 0.3 is 5.97 Å². The first-order valence-corrected chi connectivity index (χ1v) is 6.15. The molecule has 0 spiro atoms. The highest BCUT2D eigenvalue weighted by Gasteiger charge is 2.11. The zero-order chi connectivity index (χ0) is 15.3. The van der Waals surface area contributed by atoms with Crippen LogP contribution in [0.15, 0.2) is 11.6 Å². The van der Waals surface area contributed by atoms with Gasteiger partial charge in [0.2, 0.25) is 0 Å². The normalized spacial score (nSPS) is 9.30. The summed E-state index contributed by atoms with van der Waals surface area (Å²) in [5, 5.41) is 17.7. The van der Waals surface area contributed by atoms with Crippen molar-refractivity contribution in [2.75, 3.05) is 0 Å². The van der Waals surface area contributed by atoms with Crippen LogP contribution in [0.4, 0.5) is 0 Å². The van der Waals surface area contributed by atoms with Gasteiger partial charge in [-0.15, -0.1) is 0 Å². The molecule has 4 heteroatoms. The third kappa shape index (κ3) is 3.46. The second kappa shape index (κ2) is 6.54. The van der Waals surface area contributed by atoms with Gasteiger partial charge in [0.1, 0.15) is 24.3 Å². The van der Waals surface area contributed by atoms with Crippen molar-refractivity contribution in [2.24, 2.45) is 0 Å². The zero-order valence-electron chi connectivity index (χ0n) is 12.1.